The quantitative estimate of drug-likeness (QED) is 0.462. The second kappa shape index (κ2) is 10.5. The summed E-state index contributed by atoms with van der Waals surface area (Å²) in [6.07, 6.45) is 3.16. The molecule has 7 heteroatoms. The van der Waals surface area contributed by atoms with Gasteiger partial charge in [-0.1, -0.05) is 54.6 Å². The summed E-state index contributed by atoms with van der Waals surface area (Å²) >= 11 is 0. The molecule has 1 unspecified atom stereocenters. The summed E-state index contributed by atoms with van der Waals surface area (Å²) in [5.74, 6) is -0.802. The van der Waals surface area contributed by atoms with Gasteiger partial charge in [-0.3, -0.25) is 4.79 Å². The molecule has 0 aliphatic heterocycles. The SMILES string of the molecule is C=CCC(NC(=O)CC1CC(CNC(=O)OCC2c3ccccc3-c3ccccc32)C1)C(=O)O. The van der Waals surface area contributed by atoms with Gasteiger partial charge in [-0.05, 0) is 53.4 Å². The predicted molar refractivity (Wildman–Crippen MR) is 128 cm³/mol. The number of carbonyl (C=O) groups excluding carboxylic acids is 2. The lowest BCUT2D eigenvalue weighted by Crippen LogP contribution is -2.43. The summed E-state index contributed by atoms with van der Waals surface area (Å²) < 4.78 is 5.56. The van der Waals surface area contributed by atoms with E-state index in [1.54, 1.807) is 0 Å². The summed E-state index contributed by atoms with van der Waals surface area (Å²) in [6, 6.07) is 15.5. The molecule has 0 spiro atoms. The molecule has 1 saturated carbocycles. The van der Waals surface area contributed by atoms with Gasteiger partial charge in [0.1, 0.15) is 12.6 Å². The average molecular weight is 463 g/mol. The number of rotatable bonds is 10. The Hall–Kier alpha value is -3.61. The number of amides is 2. The van der Waals surface area contributed by atoms with Gasteiger partial charge in [-0.25, -0.2) is 9.59 Å². The fourth-order valence-electron chi connectivity index (χ4n) is 4.99. The Kier molecular flexibility index (Phi) is 7.30. The first-order valence-corrected chi connectivity index (χ1v) is 11.7. The van der Waals surface area contributed by atoms with E-state index in [1.165, 1.54) is 28.3 Å². The van der Waals surface area contributed by atoms with Gasteiger partial charge < -0.3 is 20.5 Å². The zero-order valence-corrected chi connectivity index (χ0v) is 19.0. The number of carbonyl (C=O) groups is 3. The molecule has 178 valence electrons. The van der Waals surface area contributed by atoms with Crippen molar-refractivity contribution in [1.29, 1.82) is 0 Å². The monoisotopic (exact) mass is 462 g/mol. The summed E-state index contributed by atoms with van der Waals surface area (Å²) in [5.41, 5.74) is 4.73. The molecule has 7 nitrogen and oxygen atoms in total. The van der Waals surface area contributed by atoms with E-state index in [1.807, 2.05) is 24.3 Å². The topological polar surface area (TPSA) is 105 Å². The van der Waals surface area contributed by atoms with Gasteiger partial charge in [0.25, 0.3) is 0 Å². The van der Waals surface area contributed by atoms with Crippen LogP contribution in [-0.2, 0) is 14.3 Å². The van der Waals surface area contributed by atoms with Gasteiger partial charge in [0.15, 0.2) is 0 Å². The van der Waals surface area contributed by atoms with Crippen LogP contribution in [0, 0.1) is 11.8 Å². The van der Waals surface area contributed by atoms with E-state index in [4.69, 9.17) is 9.84 Å². The Bertz CT molecular complexity index is 1030. The number of fused-ring (bicyclic) bond motifs is 3. The van der Waals surface area contributed by atoms with E-state index in [9.17, 15) is 14.4 Å². The van der Waals surface area contributed by atoms with Crippen LogP contribution in [0.15, 0.2) is 61.2 Å². The van der Waals surface area contributed by atoms with E-state index in [2.05, 4.69) is 41.5 Å². The van der Waals surface area contributed by atoms with Crippen LogP contribution in [0.25, 0.3) is 11.1 Å². The summed E-state index contributed by atoms with van der Waals surface area (Å²) in [5, 5.41) is 14.5. The van der Waals surface area contributed by atoms with Crippen LogP contribution in [0.2, 0.25) is 0 Å². The molecule has 0 heterocycles. The number of aliphatic carboxylic acids is 1. The van der Waals surface area contributed by atoms with E-state index in [0.29, 0.717) is 18.9 Å². The zero-order chi connectivity index (χ0) is 24.1. The Morgan fingerprint density at radius 1 is 1.03 bits per heavy atom. The van der Waals surface area contributed by atoms with Gasteiger partial charge in [0.05, 0.1) is 0 Å². The molecule has 2 amide bonds. The number of hydrogen-bond donors (Lipinski definition) is 3. The fourth-order valence-corrected chi connectivity index (χ4v) is 4.99. The third-order valence-electron chi connectivity index (χ3n) is 6.72. The van der Waals surface area contributed by atoms with Crippen LogP contribution < -0.4 is 10.6 Å². The van der Waals surface area contributed by atoms with Gasteiger partial charge in [0.2, 0.25) is 5.91 Å². The first kappa shape index (κ1) is 23.5. The summed E-state index contributed by atoms with van der Waals surface area (Å²) in [4.78, 5) is 35.5. The minimum Gasteiger partial charge on any atom is -0.480 e. The highest BCUT2D eigenvalue weighted by molar-refractivity contribution is 5.83. The second-order valence-electron chi connectivity index (χ2n) is 9.10. The fraction of sp³-hybridized carbons (Fsp3) is 0.370. The maximum Gasteiger partial charge on any atom is 0.407 e. The normalized spacial score (nSPS) is 19.2. The van der Waals surface area contributed by atoms with E-state index >= 15 is 0 Å². The number of carboxylic acid groups (broad SMARTS) is 1. The zero-order valence-electron chi connectivity index (χ0n) is 19.0. The van der Waals surface area contributed by atoms with E-state index < -0.39 is 18.1 Å². The van der Waals surface area contributed by atoms with Crippen LogP contribution in [0.5, 0.6) is 0 Å². The number of ether oxygens (including phenoxy) is 1. The molecule has 4 rings (SSSR count). The molecule has 0 bridgehead atoms. The lowest BCUT2D eigenvalue weighted by Gasteiger charge is -2.35. The highest BCUT2D eigenvalue weighted by atomic mass is 16.5. The molecule has 2 aromatic rings. The van der Waals surface area contributed by atoms with Crippen molar-refractivity contribution in [3.8, 4) is 11.1 Å². The first-order chi connectivity index (χ1) is 16.5. The van der Waals surface area contributed by atoms with Gasteiger partial charge in [-0.15, -0.1) is 6.58 Å². The van der Waals surface area contributed by atoms with Crippen molar-refractivity contribution < 1.29 is 24.2 Å². The smallest absolute Gasteiger partial charge is 0.407 e. The van der Waals surface area contributed by atoms with Crippen molar-refractivity contribution in [1.82, 2.24) is 10.6 Å². The van der Waals surface area contributed by atoms with Crippen molar-refractivity contribution in [3.63, 3.8) is 0 Å². The molecular formula is C27H30N2O5. The lowest BCUT2D eigenvalue weighted by atomic mass is 9.73. The maximum atomic E-state index is 12.3. The average Bonchev–Trinajstić information content (AvgIpc) is 3.12. The maximum absolute atomic E-state index is 12.3. The Balaban J connectivity index is 1.18. The molecule has 1 fully saturated rings. The summed E-state index contributed by atoms with van der Waals surface area (Å²) in [6.45, 7) is 4.30. The Morgan fingerprint density at radius 3 is 2.24 bits per heavy atom. The Morgan fingerprint density at radius 2 is 1.65 bits per heavy atom. The number of hydrogen-bond acceptors (Lipinski definition) is 4. The van der Waals surface area contributed by atoms with Gasteiger partial charge in [0, 0.05) is 18.9 Å². The van der Waals surface area contributed by atoms with Crippen LogP contribution in [0.3, 0.4) is 0 Å². The summed E-state index contributed by atoms with van der Waals surface area (Å²) in [7, 11) is 0. The minimum absolute atomic E-state index is 0.0282. The molecule has 1 atom stereocenters. The van der Waals surface area contributed by atoms with Crippen LogP contribution in [-0.4, -0.2) is 42.3 Å². The van der Waals surface area contributed by atoms with Crippen molar-refractivity contribution in [3.05, 3.63) is 72.3 Å². The van der Waals surface area contributed by atoms with Crippen LogP contribution >= 0.6 is 0 Å². The van der Waals surface area contributed by atoms with E-state index in [0.717, 1.165) is 12.8 Å². The molecule has 2 aliphatic carbocycles. The molecule has 34 heavy (non-hydrogen) atoms. The third-order valence-corrected chi connectivity index (χ3v) is 6.72. The molecule has 0 aromatic heterocycles. The van der Waals surface area contributed by atoms with Crippen LogP contribution in [0.1, 0.15) is 42.7 Å². The van der Waals surface area contributed by atoms with E-state index in [-0.39, 0.29) is 30.8 Å². The number of carboxylic acids is 1. The Labute approximate surface area is 199 Å². The number of benzene rings is 2. The molecule has 2 aromatic carbocycles. The predicted octanol–water partition coefficient (Wildman–Crippen LogP) is 4.09. The van der Waals surface area contributed by atoms with Crippen molar-refractivity contribution in [2.45, 2.75) is 37.6 Å². The molecule has 0 saturated heterocycles. The largest absolute Gasteiger partial charge is 0.480 e. The van der Waals surface area contributed by atoms with Gasteiger partial charge >= 0.3 is 12.1 Å². The van der Waals surface area contributed by atoms with Crippen molar-refractivity contribution >= 4 is 18.0 Å². The standard InChI is InChI=1S/C27H30N2O5/c1-2-7-24(26(31)32)29-25(30)14-17-12-18(13-17)15-28-27(33)34-16-23-21-10-5-3-8-19(21)20-9-4-6-11-22(20)23/h2-6,8-11,17-18,23-24H,1,7,12-16H2,(H,28,33)(H,29,30)(H,31,32). The lowest BCUT2D eigenvalue weighted by molar-refractivity contribution is -0.142. The minimum atomic E-state index is -1.06. The third kappa shape index (κ3) is 5.30. The van der Waals surface area contributed by atoms with Crippen LogP contribution in [0.4, 0.5) is 4.79 Å². The highest BCUT2D eigenvalue weighted by Gasteiger charge is 2.32. The molecular weight excluding hydrogens is 432 g/mol. The first-order valence-electron chi connectivity index (χ1n) is 11.7. The van der Waals surface area contributed by atoms with Crippen molar-refractivity contribution in [2.24, 2.45) is 11.8 Å². The second-order valence-corrected chi connectivity index (χ2v) is 9.10. The molecule has 2 aliphatic rings. The van der Waals surface area contributed by atoms with Crippen molar-refractivity contribution in [2.75, 3.05) is 13.2 Å². The highest BCUT2D eigenvalue weighted by Crippen LogP contribution is 2.44. The molecule has 0 radical (unpaired) electrons. The number of alkyl carbamates (subject to hydrolysis) is 1. The van der Waals surface area contributed by atoms with Gasteiger partial charge in [-0.2, -0.15) is 0 Å². The number of nitrogens with one attached hydrogen (secondary N) is 2. The molecule has 3 N–H and O–H groups in total.